The van der Waals surface area contributed by atoms with Gasteiger partial charge in [-0.25, -0.2) is 0 Å². The number of amides is 1. The number of hydrogen-bond acceptors (Lipinski definition) is 3. The summed E-state index contributed by atoms with van der Waals surface area (Å²) in [7, 11) is 0. The molecule has 1 aromatic heterocycles. The molecule has 0 fully saturated rings. The lowest BCUT2D eigenvalue weighted by atomic mass is 9.85. The lowest BCUT2D eigenvalue weighted by Crippen LogP contribution is -2.44. The number of halogens is 1. The van der Waals surface area contributed by atoms with E-state index in [1.807, 2.05) is 6.07 Å². The fraction of sp³-hybridized carbons (Fsp3) is 0.438. The van der Waals surface area contributed by atoms with E-state index >= 15 is 0 Å². The SMILES string of the molecule is CC(C)(C)C(CCBr)NC(=O)c1ccc2nccnc2c1. The summed E-state index contributed by atoms with van der Waals surface area (Å²) in [5.41, 5.74) is 2.16. The van der Waals surface area contributed by atoms with Crippen molar-refractivity contribution in [3.63, 3.8) is 0 Å². The van der Waals surface area contributed by atoms with Crippen molar-refractivity contribution in [3.05, 3.63) is 36.2 Å². The zero-order chi connectivity index (χ0) is 15.5. The van der Waals surface area contributed by atoms with Gasteiger partial charge < -0.3 is 5.32 Å². The molecular weight excluding hydrogens is 330 g/mol. The summed E-state index contributed by atoms with van der Waals surface area (Å²) in [6.45, 7) is 6.39. The molecule has 1 atom stereocenters. The minimum absolute atomic E-state index is 0.0140. The van der Waals surface area contributed by atoms with Crippen LogP contribution in [0.1, 0.15) is 37.6 Å². The van der Waals surface area contributed by atoms with Gasteiger partial charge in [-0.05, 0) is 30.0 Å². The Hall–Kier alpha value is -1.49. The van der Waals surface area contributed by atoms with Gasteiger partial charge in [0.25, 0.3) is 5.91 Å². The maximum atomic E-state index is 12.4. The Labute approximate surface area is 133 Å². The molecule has 4 nitrogen and oxygen atoms in total. The standard InChI is InChI=1S/C16H20BrN3O/c1-16(2,3)14(6-7-17)20-15(21)11-4-5-12-13(10-11)19-9-8-18-12/h4-5,8-10,14H,6-7H2,1-3H3,(H,20,21). The second-order valence-corrected chi connectivity index (χ2v) is 6.92. The van der Waals surface area contributed by atoms with Crippen LogP contribution in [0.2, 0.25) is 0 Å². The van der Waals surface area contributed by atoms with E-state index in [9.17, 15) is 4.79 Å². The van der Waals surface area contributed by atoms with Crippen molar-refractivity contribution in [2.24, 2.45) is 5.41 Å². The molecule has 0 saturated heterocycles. The van der Waals surface area contributed by atoms with Crippen molar-refractivity contribution in [1.82, 2.24) is 15.3 Å². The maximum Gasteiger partial charge on any atom is 0.251 e. The van der Waals surface area contributed by atoms with Gasteiger partial charge in [-0.2, -0.15) is 0 Å². The van der Waals surface area contributed by atoms with Gasteiger partial charge in [0.05, 0.1) is 11.0 Å². The third-order valence-corrected chi connectivity index (χ3v) is 3.94. The first-order chi connectivity index (χ1) is 9.91. The van der Waals surface area contributed by atoms with Crippen molar-refractivity contribution >= 4 is 32.9 Å². The number of carbonyl (C=O) groups excluding carboxylic acids is 1. The summed E-state index contributed by atoms with van der Waals surface area (Å²) < 4.78 is 0. The molecule has 1 aromatic carbocycles. The van der Waals surface area contributed by atoms with Gasteiger partial charge in [0, 0.05) is 29.3 Å². The number of carbonyl (C=O) groups is 1. The molecule has 1 unspecified atom stereocenters. The highest BCUT2D eigenvalue weighted by molar-refractivity contribution is 9.09. The zero-order valence-electron chi connectivity index (χ0n) is 12.6. The van der Waals surface area contributed by atoms with Crippen LogP contribution in [0.5, 0.6) is 0 Å². The monoisotopic (exact) mass is 349 g/mol. The Morgan fingerprint density at radius 1 is 1.24 bits per heavy atom. The van der Waals surface area contributed by atoms with E-state index in [1.54, 1.807) is 24.5 Å². The van der Waals surface area contributed by atoms with E-state index < -0.39 is 0 Å². The van der Waals surface area contributed by atoms with Crippen molar-refractivity contribution in [1.29, 1.82) is 0 Å². The van der Waals surface area contributed by atoms with Gasteiger partial charge in [-0.1, -0.05) is 36.7 Å². The molecule has 1 N–H and O–H groups in total. The second kappa shape index (κ2) is 6.52. The Bertz CT molecular complexity index is 637. The topological polar surface area (TPSA) is 54.9 Å². The molecule has 0 aliphatic heterocycles. The van der Waals surface area contributed by atoms with Gasteiger partial charge in [-0.15, -0.1) is 0 Å². The van der Waals surface area contributed by atoms with E-state index in [0.29, 0.717) is 5.56 Å². The number of nitrogens with one attached hydrogen (secondary N) is 1. The average Bonchev–Trinajstić information content (AvgIpc) is 2.45. The van der Waals surface area contributed by atoms with E-state index in [0.717, 1.165) is 22.8 Å². The van der Waals surface area contributed by atoms with Crippen LogP contribution < -0.4 is 5.32 Å². The first kappa shape index (κ1) is 15.9. The molecule has 1 amide bonds. The van der Waals surface area contributed by atoms with Crippen LogP contribution in [0.3, 0.4) is 0 Å². The average molecular weight is 350 g/mol. The smallest absolute Gasteiger partial charge is 0.251 e. The summed E-state index contributed by atoms with van der Waals surface area (Å²) in [6, 6.07) is 5.52. The maximum absolute atomic E-state index is 12.4. The third kappa shape index (κ3) is 4.00. The molecule has 0 aliphatic rings. The Balaban J connectivity index is 2.21. The molecule has 0 saturated carbocycles. The molecular formula is C16H20BrN3O. The fourth-order valence-electron chi connectivity index (χ4n) is 2.18. The number of hydrogen-bond donors (Lipinski definition) is 1. The molecule has 112 valence electrons. The van der Waals surface area contributed by atoms with Gasteiger partial charge in [-0.3, -0.25) is 14.8 Å². The van der Waals surface area contributed by atoms with Crippen LogP contribution >= 0.6 is 15.9 Å². The van der Waals surface area contributed by atoms with Crippen molar-refractivity contribution in [3.8, 4) is 0 Å². The highest BCUT2D eigenvalue weighted by Crippen LogP contribution is 2.23. The molecule has 0 spiro atoms. The minimum atomic E-state index is -0.0663. The molecule has 2 aromatic rings. The lowest BCUT2D eigenvalue weighted by molar-refractivity contribution is 0.0901. The summed E-state index contributed by atoms with van der Waals surface area (Å²) in [5.74, 6) is -0.0663. The molecule has 1 heterocycles. The van der Waals surface area contributed by atoms with Crippen LogP contribution in [-0.4, -0.2) is 27.2 Å². The number of alkyl halides is 1. The van der Waals surface area contributed by atoms with E-state index in [4.69, 9.17) is 0 Å². The van der Waals surface area contributed by atoms with E-state index in [1.165, 1.54) is 0 Å². The Morgan fingerprint density at radius 2 is 1.90 bits per heavy atom. The highest BCUT2D eigenvalue weighted by atomic mass is 79.9. The van der Waals surface area contributed by atoms with Gasteiger partial charge in [0.15, 0.2) is 0 Å². The number of aromatic nitrogens is 2. The zero-order valence-corrected chi connectivity index (χ0v) is 14.1. The van der Waals surface area contributed by atoms with E-state index in [-0.39, 0.29) is 17.4 Å². The summed E-state index contributed by atoms with van der Waals surface area (Å²) in [4.78, 5) is 20.9. The number of rotatable bonds is 4. The van der Waals surface area contributed by atoms with E-state index in [2.05, 4.69) is 52.0 Å². The molecule has 2 rings (SSSR count). The molecule has 0 aliphatic carbocycles. The van der Waals surface area contributed by atoms with Crippen LogP contribution in [-0.2, 0) is 0 Å². The predicted octanol–water partition coefficient (Wildman–Crippen LogP) is 3.56. The Kier molecular flexibility index (Phi) is 4.93. The minimum Gasteiger partial charge on any atom is -0.349 e. The van der Waals surface area contributed by atoms with Crippen LogP contribution in [0.15, 0.2) is 30.6 Å². The number of nitrogens with zero attached hydrogens (tertiary/aromatic N) is 2. The lowest BCUT2D eigenvalue weighted by Gasteiger charge is -2.31. The third-order valence-electron chi connectivity index (χ3n) is 3.48. The molecule has 5 heteroatoms. The summed E-state index contributed by atoms with van der Waals surface area (Å²) in [6.07, 6.45) is 4.17. The summed E-state index contributed by atoms with van der Waals surface area (Å²) in [5, 5.41) is 3.98. The van der Waals surface area contributed by atoms with Gasteiger partial charge >= 0.3 is 0 Å². The number of fused-ring (bicyclic) bond motifs is 1. The quantitative estimate of drug-likeness (QED) is 0.858. The normalized spacial score (nSPS) is 13.1. The van der Waals surface area contributed by atoms with Crippen molar-refractivity contribution in [2.45, 2.75) is 33.2 Å². The first-order valence-electron chi connectivity index (χ1n) is 6.99. The molecule has 21 heavy (non-hydrogen) atoms. The van der Waals surface area contributed by atoms with Crippen LogP contribution in [0, 0.1) is 5.41 Å². The first-order valence-corrected chi connectivity index (χ1v) is 8.11. The molecule has 0 radical (unpaired) electrons. The second-order valence-electron chi connectivity index (χ2n) is 6.13. The summed E-state index contributed by atoms with van der Waals surface area (Å²) >= 11 is 3.45. The Morgan fingerprint density at radius 3 is 2.52 bits per heavy atom. The molecule has 0 bridgehead atoms. The number of benzene rings is 1. The van der Waals surface area contributed by atoms with Crippen molar-refractivity contribution in [2.75, 3.05) is 5.33 Å². The van der Waals surface area contributed by atoms with Gasteiger partial charge in [0.1, 0.15) is 0 Å². The predicted molar refractivity (Wildman–Crippen MR) is 88.7 cm³/mol. The largest absolute Gasteiger partial charge is 0.349 e. The van der Waals surface area contributed by atoms with Gasteiger partial charge in [0.2, 0.25) is 0 Å². The van der Waals surface area contributed by atoms with Crippen molar-refractivity contribution < 1.29 is 4.79 Å². The van der Waals surface area contributed by atoms with Crippen LogP contribution in [0.25, 0.3) is 11.0 Å². The fourth-order valence-corrected chi connectivity index (χ4v) is 2.63. The van der Waals surface area contributed by atoms with Crippen LogP contribution in [0.4, 0.5) is 0 Å². The highest BCUT2D eigenvalue weighted by Gasteiger charge is 2.26.